The largest absolute Gasteiger partial charge is 0.465 e. The first-order valence-corrected chi connectivity index (χ1v) is 13.1. The average Bonchev–Trinajstić information content (AvgIpc) is 3.41. The maximum absolute atomic E-state index is 13.9. The minimum absolute atomic E-state index is 0.0273. The lowest BCUT2D eigenvalue weighted by Crippen LogP contribution is -2.42. The fourth-order valence-electron chi connectivity index (χ4n) is 5.76. The van der Waals surface area contributed by atoms with Crippen LogP contribution in [0.1, 0.15) is 63.9 Å². The summed E-state index contributed by atoms with van der Waals surface area (Å²) in [6, 6.07) is 7.61. The zero-order chi connectivity index (χ0) is 24.1. The molecule has 2 aliphatic heterocycles. The lowest BCUT2D eigenvalue weighted by atomic mass is 9.69. The molecule has 1 aromatic carbocycles. The molecule has 0 spiro atoms. The Bertz CT molecular complexity index is 938. The molecule has 2 atom stereocenters. The van der Waals surface area contributed by atoms with Crippen LogP contribution in [-0.4, -0.2) is 53.8 Å². The highest BCUT2D eigenvalue weighted by Gasteiger charge is 2.61. The number of rotatable bonds is 7. The van der Waals surface area contributed by atoms with Crippen molar-refractivity contribution in [1.82, 2.24) is 9.80 Å². The van der Waals surface area contributed by atoms with Crippen molar-refractivity contribution in [3.63, 3.8) is 0 Å². The third-order valence-corrected chi connectivity index (χ3v) is 7.79. The average molecular weight is 487 g/mol. The Morgan fingerprint density at radius 3 is 2.53 bits per heavy atom. The summed E-state index contributed by atoms with van der Waals surface area (Å²) in [5.41, 5.74) is 0.744. The van der Waals surface area contributed by atoms with E-state index < -0.39 is 11.3 Å². The Labute approximate surface area is 207 Å². The van der Waals surface area contributed by atoms with E-state index in [-0.39, 0.29) is 30.8 Å². The number of carbonyl (C=O) groups excluding carboxylic acids is 3. The van der Waals surface area contributed by atoms with Crippen molar-refractivity contribution in [2.75, 3.05) is 26.2 Å². The maximum Gasteiger partial charge on any atom is 0.318 e. The van der Waals surface area contributed by atoms with Crippen LogP contribution >= 0.6 is 11.6 Å². The number of nitrogens with zero attached hydrogens (tertiary/aromatic N) is 2. The minimum atomic E-state index is -1.08. The molecule has 0 bridgehead atoms. The quantitative estimate of drug-likeness (QED) is 0.521. The van der Waals surface area contributed by atoms with E-state index in [0.29, 0.717) is 24.4 Å². The molecule has 0 N–H and O–H groups in total. The zero-order valence-corrected chi connectivity index (χ0v) is 20.8. The second kappa shape index (κ2) is 10.9. The van der Waals surface area contributed by atoms with Gasteiger partial charge in [0.05, 0.1) is 12.5 Å². The van der Waals surface area contributed by atoms with E-state index in [1.165, 1.54) is 0 Å². The molecular weight excluding hydrogens is 452 g/mol. The van der Waals surface area contributed by atoms with Crippen molar-refractivity contribution in [2.45, 2.75) is 64.7 Å². The molecule has 6 nitrogen and oxygen atoms in total. The Morgan fingerprint density at radius 1 is 1.09 bits per heavy atom. The van der Waals surface area contributed by atoms with Crippen LogP contribution in [0.3, 0.4) is 0 Å². The summed E-state index contributed by atoms with van der Waals surface area (Å²) < 4.78 is 5.59. The summed E-state index contributed by atoms with van der Waals surface area (Å²) in [6.45, 7) is 3.96. The van der Waals surface area contributed by atoms with Gasteiger partial charge >= 0.3 is 5.97 Å². The van der Waals surface area contributed by atoms with Gasteiger partial charge in [-0.15, -0.1) is 0 Å². The molecule has 1 aliphatic carbocycles. The Morgan fingerprint density at radius 2 is 1.82 bits per heavy atom. The number of halogens is 1. The first-order chi connectivity index (χ1) is 16.5. The summed E-state index contributed by atoms with van der Waals surface area (Å²) >= 11 is 6.03. The van der Waals surface area contributed by atoms with E-state index in [0.717, 1.165) is 62.9 Å². The third kappa shape index (κ3) is 4.88. The number of allylic oxidation sites excluding steroid dienone is 1. The topological polar surface area (TPSA) is 66.9 Å². The molecule has 0 radical (unpaired) electrons. The van der Waals surface area contributed by atoms with Gasteiger partial charge in [0.2, 0.25) is 11.8 Å². The Hall–Kier alpha value is -2.34. The van der Waals surface area contributed by atoms with Crippen molar-refractivity contribution in [1.29, 1.82) is 0 Å². The van der Waals surface area contributed by atoms with Crippen molar-refractivity contribution in [3.8, 4) is 0 Å². The lowest BCUT2D eigenvalue weighted by molar-refractivity contribution is -0.158. The second-order valence-electron chi connectivity index (χ2n) is 9.59. The molecule has 1 aromatic rings. The normalized spacial score (nSPS) is 26.5. The van der Waals surface area contributed by atoms with E-state index >= 15 is 0 Å². The monoisotopic (exact) mass is 486 g/mol. The van der Waals surface area contributed by atoms with E-state index in [1.807, 2.05) is 29.2 Å². The molecule has 184 valence electrons. The number of benzene rings is 1. The minimum Gasteiger partial charge on any atom is -0.465 e. The smallest absolute Gasteiger partial charge is 0.318 e. The predicted molar refractivity (Wildman–Crippen MR) is 131 cm³/mol. The number of esters is 1. The number of amides is 2. The third-order valence-electron chi connectivity index (χ3n) is 7.53. The number of ether oxygens (including phenoxy) is 1. The van der Waals surface area contributed by atoms with Crippen LogP contribution in [-0.2, 0) is 25.5 Å². The van der Waals surface area contributed by atoms with Crippen molar-refractivity contribution < 1.29 is 19.1 Å². The Balaban J connectivity index is 1.68. The lowest BCUT2D eigenvalue weighted by Gasteiger charge is -2.34. The van der Waals surface area contributed by atoms with Gasteiger partial charge in [0.15, 0.2) is 0 Å². The number of likely N-dealkylation sites (tertiary alicyclic amines) is 2. The number of hydrogen-bond donors (Lipinski definition) is 0. The van der Waals surface area contributed by atoms with E-state index in [2.05, 4.69) is 6.08 Å². The highest BCUT2D eigenvalue weighted by atomic mass is 35.5. The first kappa shape index (κ1) is 24.8. The molecule has 0 saturated carbocycles. The van der Waals surface area contributed by atoms with Crippen LogP contribution in [0.15, 0.2) is 36.0 Å². The zero-order valence-electron chi connectivity index (χ0n) is 20.1. The summed E-state index contributed by atoms with van der Waals surface area (Å²) in [6.07, 6.45) is 8.97. The van der Waals surface area contributed by atoms with Gasteiger partial charge in [-0.1, -0.05) is 42.7 Å². The van der Waals surface area contributed by atoms with Crippen molar-refractivity contribution in [2.24, 2.45) is 11.3 Å². The molecule has 7 heteroatoms. The molecule has 2 heterocycles. The second-order valence-corrected chi connectivity index (χ2v) is 10.0. The molecule has 2 amide bonds. The van der Waals surface area contributed by atoms with E-state index in [4.69, 9.17) is 16.3 Å². The molecule has 0 unspecified atom stereocenters. The molecule has 4 rings (SSSR count). The molecular formula is C27H35ClN2O4. The molecule has 2 fully saturated rings. The number of fused-ring (bicyclic) bond motifs is 1. The number of hydrogen-bond acceptors (Lipinski definition) is 4. The van der Waals surface area contributed by atoms with Gasteiger partial charge in [-0.05, 0) is 63.1 Å². The summed E-state index contributed by atoms with van der Waals surface area (Å²) in [5, 5.41) is 0.672. The Kier molecular flexibility index (Phi) is 7.97. The number of carbonyl (C=O) groups is 3. The van der Waals surface area contributed by atoms with Gasteiger partial charge in [0, 0.05) is 36.8 Å². The van der Waals surface area contributed by atoms with Crippen LogP contribution in [0, 0.1) is 11.3 Å². The molecule has 3 aliphatic rings. The van der Waals surface area contributed by atoms with Crippen molar-refractivity contribution in [3.05, 3.63) is 46.6 Å². The van der Waals surface area contributed by atoms with Gasteiger partial charge in [-0.25, -0.2) is 0 Å². The fourth-order valence-corrected chi connectivity index (χ4v) is 5.88. The van der Waals surface area contributed by atoms with E-state index in [1.54, 1.807) is 11.8 Å². The molecule has 0 aromatic heterocycles. The van der Waals surface area contributed by atoms with Crippen LogP contribution in [0.5, 0.6) is 0 Å². The van der Waals surface area contributed by atoms with Crippen LogP contribution in [0.25, 0.3) is 0 Å². The summed E-state index contributed by atoms with van der Waals surface area (Å²) in [7, 11) is 0. The summed E-state index contributed by atoms with van der Waals surface area (Å²) in [4.78, 5) is 44.3. The van der Waals surface area contributed by atoms with Crippen LogP contribution < -0.4 is 0 Å². The van der Waals surface area contributed by atoms with Gasteiger partial charge in [0.25, 0.3) is 0 Å². The highest BCUT2D eigenvalue weighted by molar-refractivity contribution is 6.30. The van der Waals surface area contributed by atoms with Gasteiger partial charge in [-0.3, -0.25) is 14.4 Å². The van der Waals surface area contributed by atoms with Crippen LogP contribution in [0.4, 0.5) is 0 Å². The van der Waals surface area contributed by atoms with Crippen molar-refractivity contribution >= 4 is 29.4 Å². The first-order valence-electron chi connectivity index (χ1n) is 12.7. The highest BCUT2D eigenvalue weighted by Crippen LogP contribution is 2.52. The molecule has 34 heavy (non-hydrogen) atoms. The fraction of sp³-hybridized carbons (Fsp3) is 0.593. The predicted octanol–water partition coefficient (Wildman–Crippen LogP) is 4.75. The van der Waals surface area contributed by atoms with Gasteiger partial charge in [-0.2, -0.15) is 0 Å². The van der Waals surface area contributed by atoms with Gasteiger partial charge < -0.3 is 14.5 Å². The van der Waals surface area contributed by atoms with E-state index in [9.17, 15) is 14.4 Å². The summed E-state index contributed by atoms with van der Waals surface area (Å²) in [5.74, 6) is -1.22. The molecule has 2 saturated heterocycles. The van der Waals surface area contributed by atoms with Gasteiger partial charge in [0.1, 0.15) is 5.41 Å². The maximum atomic E-state index is 13.9. The van der Waals surface area contributed by atoms with Crippen LogP contribution in [0.2, 0.25) is 5.02 Å². The SMILES string of the molecule is CCOC(=O)[C@]12CCCCC/C=C\1N(CCc1ccc(Cl)cc1)C(=O)[C@H]2CC(=O)N1CCCC1. The standard InChI is InChI=1S/C27H35ClN2O4/c1-2-34-26(33)27-15-6-4-3-5-9-23(27)30(18-14-20-10-12-21(28)13-11-20)25(32)22(27)19-24(31)29-16-7-8-17-29/h9-13,22H,2-8,14-19H2,1H3/b23-9+/t22-,27+/m1/s1.